The van der Waals surface area contributed by atoms with Crippen LogP contribution >= 0.6 is 0 Å². The Labute approximate surface area is 112 Å². The topological polar surface area (TPSA) is 38.0 Å². The molecule has 1 N–H and O–H groups in total. The fraction of sp³-hybridized carbons (Fsp3) is 0.400. The molecule has 102 valence electrons. The second-order valence-corrected chi connectivity index (χ2v) is 5.22. The van der Waals surface area contributed by atoms with Crippen LogP contribution < -0.4 is 0 Å². The lowest BCUT2D eigenvalue weighted by molar-refractivity contribution is 0.0500. The quantitative estimate of drug-likeness (QED) is 0.899. The number of aromatic nitrogens is 2. The molecule has 1 aromatic carbocycles. The van der Waals surface area contributed by atoms with Gasteiger partial charge >= 0.3 is 0 Å². The maximum Gasteiger partial charge on any atom is 0.126 e. The first kappa shape index (κ1) is 13.7. The molecule has 0 saturated carbocycles. The van der Waals surface area contributed by atoms with Crippen molar-refractivity contribution in [3.8, 4) is 0 Å². The second kappa shape index (κ2) is 5.53. The molecule has 0 bridgehead atoms. The van der Waals surface area contributed by atoms with E-state index in [2.05, 4.69) is 4.98 Å². The van der Waals surface area contributed by atoms with Crippen LogP contribution in [0.2, 0.25) is 0 Å². The van der Waals surface area contributed by atoms with E-state index in [0.29, 0.717) is 24.8 Å². The number of hydrogen-bond acceptors (Lipinski definition) is 2. The average Bonchev–Trinajstić information content (AvgIpc) is 2.75. The Balaban J connectivity index is 1.99. The van der Waals surface area contributed by atoms with E-state index < -0.39 is 5.60 Å². The van der Waals surface area contributed by atoms with Gasteiger partial charge in [-0.3, -0.25) is 0 Å². The van der Waals surface area contributed by atoms with Crippen LogP contribution in [0, 0.1) is 5.82 Å². The maximum absolute atomic E-state index is 13.6. The lowest BCUT2D eigenvalue weighted by Crippen LogP contribution is -2.28. The fourth-order valence-corrected chi connectivity index (χ4v) is 2.16. The van der Waals surface area contributed by atoms with E-state index in [1.807, 2.05) is 17.8 Å². The number of aryl methyl sites for hydroxylation is 2. The lowest BCUT2D eigenvalue weighted by atomic mass is 9.91. The Morgan fingerprint density at radius 2 is 2.11 bits per heavy atom. The minimum Gasteiger partial charge on any atom is -0.390 e. The first-order valence-corrected chi connectivity index (χ1v) is 6.40. The van der Waals surface area contributed by atoms with E-state index >= 15 is 0 Å². The minimum atomic E-state index is -0.936. The summed E-state index contributed by atoms with van der Waals surface area (Å²) in [6.07, 6.45) is 5.14. The van der Waals surface area contributed by atoms with Crippen LogP contribution in [0.3, 0.4) is 0 Å². The van der Waals surface area contributed by atoms with Crippen molar-refractivity contribution in [1.82, 2.24) is 9.55 Å². The number of halogens is 1. The number of benzene rings is 1. The van der Waals surface area contributed by atoms with Crippen LogP contribution in [-0.2, 0) is 19.9 Å². The molecule has 0 saturated heterocycles. The van der Waals surface area contributed by atoms with Crippen LogP contribution in [0.15, 0.2) is 36.7 Å². The molecule has 1 aromatic heterocycles. The van der Waals surface area contributed by atoms with Crippen molar-refractivity contribution in [2.24, 2.45) is 7.05 Å². The molecular weight excluding hydrogens is 243 g/mol. The minimum absolute atomic E-state index is 0.264. The zero-order valence-corrected chi connectivity index (χ0v) is 11.3. The van der Waals surface area contributed by atoms with Crippen LogP contribution in [0.4, 0.5) is 4.39 Å². The van der Waals surface area contributed by atoms with Gasteiger partial charge in [0.25, 0.3) is 0 Å². The van der Waals surface area contributed by atoms with E-state index in [1.54, 1.807) is 31.3 Å². The summed E-state index contributed by atoms with van der Waals surface area (Å²) >= 11 is 0. The van der Waals surface area contributed by atoms with Gasteiger partial charge < -0.3 is 9.67 Å². The molecule has 0 spiro atoms. The monoisotopic (exact) mass is 262 g/mol. The fourth-order valence-electron chi connectivity index (χ4n) is 2.16. The first-order chi connectivity index (χ1) is 8.98. The van der Waals surface area contributed by atoms with Crippen molar-refractivity contribution in [1.29, 1.82) is 0 Å². The highest BCUT2D eigenvalue weighted by Crippen LogP contribution is 2.20. The summed E-state index contributed by atoms with van der Waals surface area (Å²) in [5.74, 6) is 0.661. The first-order valence-electron chi connectivity index (χ1n) is 6.40. The summed E-state index contributed by atoms with van der Waals surface area (Å²) in [7, 11) is 1.92. The lowest BCUT2D eigenvalue weighted by Gasteiger charge is -2.23. The molecular formula is C15H19FN2O. The third-order valence-corrected chi connectivity index (χ3v) is 3.34. The highest BCUT2D eigenvalue weighted by molar-refractivity contribution is 5.19. The Morgan fingerprint density at radius 1 is 1.37 bits per heavy atom. The van der Waals surface area contributed by atoms with Crippen LogP contribution in [-0.4, -0.2) is 20.3 Å². The molecule has 2 rings (SSSR count). The number of hydrogen-bond donors (Lipinski definition) is 1. The maximum atomic E-state index is 13.6. The van der Waals surface area contributed by atoms with Crippen LogP contribution in [0.5, 0.6) is 0 Å². The molecule has 0 aliphatic heterocycles. The van der Waals surface area contributed by atoms with Crippen LogP contribution in [0.25, 0.3) is 0 Å². The van der Waals surface area contributed by atoms with Crippen molar-refractivity contribution in [3.05, 3.63) is 53.9 Å². The van der Waals surface area contributed by atoms with Gasteiger partial charge in [-0.15, -0.1) is 0 Å². The van der Waals surface area contributed by atoms with E-state index in [9.17, 15) is 9.50 Å². The molecule has 19 heavy (non-hydrogen) atoms. The molecule has 3 nitrogen and oxygen atoms in total. The number of nitrogens with zero attached hydrogens (tertiary/aromatic N) is 2. The van der Waals surface area contributed by atoms with E-state index in [4.69, 9.17) is 0 Å². The Bertz CT molecular complexity index is 549. The second-order valence-electron chi connectivity index (χ2n) is 5.22. The molecule has 4 heteroatoms. The molecule has 0 aliphatic rings. The Kier molecular flexibility index (Phi) is 4.00. The smallest absolute Gasteiger partial charge is 0.126 e. The number of imidazole rings is 1. The van der Waals surface area contributed by atoms with Crippen molar-refractivity contribution < 1.29 is 9.50 Å². The van der Waals surface area contributed by atoms with Gasteiger partial charge in [-0.05, 0) is 25.0 Å². The van der Waals surface area contributed by atoms with E-state index in [-0.39, 0.29) is 5.82 Å². The summed E-state index contributed by atoms with van der Waals surface area (Å²) in [6, 6.07) is 6.57. The molecule has 1 heterocycles. The van der Waals surface area contributed by atoms with Gasteiger partial charge in [0.15, 0.2) is 0 Å². The summed E-state index contributed by atoms with van der Waals surface area (Å²) in [5.41, 5.74) is -0.388. The third-order valence-electron chi connectivity index (χ3n) is 3.34. The zero-order valence-electron chi connectivity index (χ0n) is 11.3. The molecule has 2 aromatic rings. The standard InChI is InChI=1S/C15H19FN2O/c1-15(19,8-7-14-17-9-10-18(14)2)11-12-5-3-4-6-13(12)16/h3-6,9-10,19H,7-8,11H2,1-2H3. The zero-order chi connectivity index (χ0) is 13.9. The molecule has 0 fully saturated rings. The summed E-state index contributed by atoms with van der Waals surface area (Å²) in [4.78, 5) is 4.22. The molecule has 1 atom stereocenters. The third kappa shape index (κ3) is 3.64. The predicted molar refractivity (Wildman–Crippen MR) is 72.3 cm³/mol. The largest absolute Gasteiger partial charge is 0.390 e. The normalized spacial score (nSPS) is 14.3. The molecule has 0 radical (unpaired) electrons. The highest BCUT2D eigenvalue weighted by Gasteiger charge is 2.23. The van der Waals surface area contributed by atoms with Gasteiger partial charge in [-0.1, -0.05) is 18.2 Å². The van der Waals surface area contributed by atoms with Gasteiger partial charge in [-0.25, -0.2) is 9.37 Å². The van der Waals surface area contributed by atoms with Crippen molar-refractivity contribution in [3.63, 3.8) is 0 Å². The number of aliphatic hydroxyl groups is 1. The van der Waals surface area contributed by atoms with E-state index in [1.165, 1.54) is 6.07 Å². The van der Waals surface area contributed by atoms with Crippen LogP contribution in [0.1, 0.15) is 24.7 Å². The number of rotatable bonds is 5. The van der Waals surface area contributed by atoms with Crippen molar-refractivity contribution >= 4 is 0 Å². The van der Waals surface area contributed by atoms with Crippen molar-refractivity contribution in [2.75, 3.05) is 0 Å². The Morgan fingerprint density at radius 3 is 2.74 bits per heavy atom. The van der Waals surface area contributed by atoms with Gasteiger partial charge in [0.2, 0.25) is 0 Å². The van der Waals surface area contributed by atoms with E-state index in [0.717, 1.165) is 5.82 Å². The van der Waals surface area contributed by atoms with Gasteiger partial charge in [0.05, 0.1) is 5.60 Å². The van der Waals surface area contributed by atoms with Gasteiger partial charge in [0.1, 0.15) is 11.6 Å². The SMILES string of the molecule is Cn1ccnc1CCC(C)(O)Cc1ccccc1F. The molecule has 0 aliphatic carbocycles. The molecule has 1 unspecified atom stereocenters. The van der Waals surface area contributed by atoms with Gasteiger partial charge in [-0.2, -0.15) is 0 Å². The highest BCUT2D eigenvalue weighted by atomic mass is 19.1. The summed E-state index contributed by atoms with van der Waals surface area (Å²) in [6.45, 7) is 1.74. The van der Waals surface area contributed by atoms with Gasteiger partial charge in [0, 0.05) is 32.3 Å². The average molecular weight is 262 g/mol. The van der Waals surface area contributed by atoms with Crippen molar-refractivity contribution in [2.45, 2.75) is 31.8 Å². The predicted octanol–water partition coefficient (Wildman–Crippen LogP) is 2.49. The summed E-state index contributed by atoms with van der Waals surface area (Å²) in [5, 5.41) is 10.4. The Hall–Kier alpha value is -1.68. The molecule has 0 amide bonds. The summed E-state index contributed by atoms with van der Waals surface area (Å²) < 4.78 is 15.5.